The molecular weight excluding hydrogens is 138 g/mol. The number of nitrogens with one attached hydrogen (secondary N) is 1. The summed E-state index contributed by atoms with van der Waals surface area (Å²) in [6, 6.07) is 0. The van der Waals surface area contributed by atoms with Crippen LogP contribution in [-0.2, 0) is 0 Å². The molecule has 2 N–H and O–H groups in total. The molecule has 11 heavy (non-hydrogen) atoms. The topological polar surface area (TPSA) is 32.3 Å². The monoisotopic (exact) mass is 159 g/mol. The Kier molecular flexibility index (Phi) is 7.96. The molecule has 0 saturated carbocycles. The van der Waals surface area contributed by atoms with E-state index in [1.54, 1.807) is 0 Å². The molecule has 0 spiro atoms. The highest BCUT2D eigenvalue weighted by Crippen LogP contribution is 2.14. The van der Waals surface area contributed by atoms with Crippen LogP contribution in [-0.4, -0.2) is 24.8 Å². The van der Waals surface area contributed by atoms with Gasteiger partial charge in [0.1, 0.15) is 0 Å². The summed E-state index contributed by atoms with van der Waals surface area (Å²) in [5, 5.41) is 11.9. The summed E-state index contributed by atoms with van der Waals surface area (Å²) in [4.78, 5) is 0. The molecule has 68 valence electrons. The quantitative estimate of drug-likeness (QED) is 0.638. The first-order valence-electron chi connectivity index (χ1n) is 4.75. The van der Waals surface area contributed by atoms with Gasteiger partial charge in [0.15, 0.2) is 0 Å². The molecule has 0 aromatic rings. The smallest absolute Gasteiger partial charge is 0.0433 e. The largest absolute Gasteiger partial charge is 0.396 e. The summed E-state index contributed by atoms with van der Waals surface area (Å²) in [7, 11) is 0. The summed E-state index contributed by atoms with van der Waals surface area (Å²) >= 11 is 0. The molecule has 1 aliphatic heterocycles. The Morgan fingerprint density at radius 2 is 1.82 bits per heavy atom. The van der Waals surface area contributed by atoms with Crippen molar-refractivity contribution in [1.29, 1.82) is 0 Å². The molecule has 1 saturated heterocycles. The standard InChI is InChI=1S/C7H15NO.C2H6/c9-6-3-7-1-4-8-5-2-7;1-2/h7-9H,1-6H2;1-2H3. The van der Waals surface area contributed by atoms with E-state index in [2.05, 4.69) is 5.32 Å². The average Bonchev–Trinajstić information content (AvgIpc) is 2.11. The lowest BCUT2D eigenvalue weighted by atomic mass is 9.95. The summed E-state index contributed by atoms with van der Waals surface area (Å²) in [6.07, 6.45) is 3.50. The second-order valence-electron chi connectivity index (χ2n) is 2.71. The number of aliphatic hydroxyl groups excluding tert-OH is 1. The molecule has 0 atom stereocenters. The van der Waals surface area contributed by atoms with Crippen LogP contribution in [0, 0.1) is 5.92 Å². The molecule has 0 bridgehead atoms. The Bertz CT molecular complexity index is 67.2. The van der Waals surface area contributed by atoms with E-state index in [0.717, 1.165) is 25.4 Å². The maximum atomic E-state index is 8.60. The van der Waals surface area contributed by atoms with Crippen LogP contribution in [0.5, 0.6) is 0 Å². The minimum atomic E-state index is 0.366. The SMILES string of the molecule is CC.OCCC1CCNCC1. The Labute approximate surface area is 70.0 Å². The van der Waals surface area contributed by atoms with E-state index < -0.39 is 0 Å². The highest BCUT2D eigenvalue weighted by Gasteiger charge is 2.10. The van der Waals surface area contributed by atoms with Gasteiger partial charge in [0.25, 0.3) is 0 Å². The first-order chi connectivity index (χ1) is 5.43. The minimum Gasteiger partial charge on any atom is -0.396 e. The van der Waals surface area contributed by atoms with Crippen molar-refractivity contribution in [2.45, 2.75) is 33.1 Å². The van der Waals surface area contributed by atoms with Gasteiger partial charge in [0.2, 0.25) is 0 Å². The maximum absolute atomic E-state index is 8.60. The zero-order chi connectivity index (χ0) is 8.53. The molecule has 1 aliphatic rings. The van der Waals surface area contributed by atoms with Gasteiger partial charge >= 0.3 is 0 Å². The highest BCUT2D eigenvalue weighted by atomic mass is 16.3. The van der Waals surface area contributed by atoms with E-state index in [1.165, 1.54) is 12.8 Å². The highest BCUT2D eigenvalue weighted by molar-refractivity contribution is 4.67. The zero-order valence-corrected chi connectivity index (χ0v) is 7.77. The molecule has 2 heteroatoms. The van der Waals surface area contributed by atoms with Crippen LogP contribution < -0.4 is 5.32 Å². The molecule has 1 fully saturated rings. The molecule has 0 aromatic heterocycles. The van der Waals surface area contributed by atoms with E-state index >= 15 is 0 Å². The van der Waals surface area contributed by atoms with Crippen LogP contribution in [0.25, 0.3) is 0 Å². The molecular formula is C9H21NO. The third-order valence-corrected chi connectivity index (χ3v) is 2.00. The van der Waals surface area contributed by atoms with E-state index in [1.807, 2.05) is 13.8 Å². The van der Waals surface area contributed by atoms with Gasteiger partial charge in [-0.2, -0.15) is 0 Å². The third kappa shape index (κ3) is 5.22. The Hall–Kier alpha value is -0.0800. The van der Waals surface area contributed by atoms with Crippen molar-refractivity contribution in [3.8, 4) is 0 Å². The van der Waals surface area contributed by atoms with Gasteiger partial charge in [-0.1, -0.05) is 13.8 Å². The second kappa shape index (κ2) is 8.02. The van der Waals surface area contributed by atoms with Crippen LogP contribution >= 0.6 is 0 Å². The van der Waals surface area contributed by atoms with E-state index in [-0.39, 0.29) is 0 Å². The van der Waals surface area contributed by atoms with Crippen LogP contribution in [0.2, 0.25) is 0 Å². The van der Waals surface area contributed by atoms with Crippen LogP contribution in [0.3, 0.4) is 0 Å². The van der Waals surface area contributed by atoms with Crippen molar-refractivity contribution < 1.29 is 5.11 Å². The van der Waals surface area contributed by atoms with Gasteiger partial charge in [-0.3, -0.25) is 0 Å². The number of aliphatic hydroxyl groups is 1. The fraction of sp³-hybridized carbons (Fsp3) is 1.00. The number of hydrogen-bond acceptors (Lipinski definition) is 2. The fourth-order valence-electron chi connectivity index (χ4n) is 1.35. The van der Waals surface area contributed by atoms with Crippen molar-refractivity contribution in [1.82, 2.24) is 5.32 Å². The first kappa shape index (κ1) is 10.9. The van der Waals surface area contributed by atoms with Gasteiger partial charge < -0.3 is 10.4 Å². The molecule has 1 rings (SSSR count). The molecule has 0 unspecified atom stereocenters. The molecule has 0 aliphatic carbocycles. The summed E-state index contributed by atoms with van der Waals surface area (Å²) < 4.78 is 0. The molecule has 1 heterocycles. The molecule has 0 amide bonds. The van der Waals surface area contributed by atoms with E-state index in [0.29, 0.717) is 6.61 Å². The van der Waals surface area contributed by atoms with Crippen LogP contribution in [0.15, 0.2) is 0 Å². The van der Waals surface area contributed by atoms with Gasteiger partial charge in [-0.25, -0.2) is 0 Å². The lowest BCUT2D eigenvalue weighted by molar-refractivity contribution is 0.235. The molecule has 2 nitrogen and oxygen atoms in total. The van der Waals surface area contributed by atoms with Crippen LogP contribution in [0.1, 0.15) is 33.1 Å². The summed E-state index contributed by atoms with van der Waals surface area (Å²) in [6.45, 7) is 6.65. The van der Waals surface area contributed by atoms with Crippen molar-refractivity contribution in [2.24, 2.45) is 5.92 Å². The third-order valence-electron chi connectivity index (χ3n) is 2.00. The normalized spacial score (nSPS) is 18.8. The lowest BCUT2D eigenvalue weighted by Gasteiger charge is -2.21. The van der Waals surface area contributed by atoms with Gasteiger partial charge in [0.05, 0.1) is 0 Å². The second-order valence-corrected chi connectivity index (χ2v) is 2.71. The van der Waals surface area contributed by atoms with E-state index in [9.17, 15) is 0 Å². The maximum Gasteiger partial charge on any atom is 0.0433 e. The van der Waals surface area contributed by atoms with Crippen LogP contribution in [0.4, 0.5) is 0 Å². The first-order valence-corrected chi connectivity index (χ1v) is 4.75. The number of rotatable bonds is 2. The average molecular weight is 159 g/mol. The summed E-state index contributed by atoms with van der Waals surface area (Å²) in [5.74, 6) is 0.788. The van der Waals surface area contributed by atoms with Gasteiger partial charge in [0, 0.05) is 6.61 Å². The van der Waals surface area contributed by atoms with Crippen molar-refractivity contribution in [3.05, 3.63) is 0 Å². The van der Waals surface area contributed by atoms with E-state index in [4.69, 9.17) is 5.11 Å². The minimum absolute atomic E-state index is 0.366. The predicted molar refractivity (Wildman–Crippen MR) is 48.6 cm³/mol. The van der Waals surface area contributed by atoms with Gasteiger partial charge in [-0.05, 0) is 38.3 Å². The molecule has 0 aromatic carbocycles. The number of piperidine rings is 1. The number of hydrogen-bond donors (Lipinski definition) is 2. The van der Waals surface area contributed by atoms with Crippen molar-refractivity contribution >= 4 is 0 Å². The van der Waals surface area contributed by atoms with Gasteiger partial charge in [-0.15, -0.1) is 0 Å². The fourth-order valence-corrected chi connectivity index (χ4v) is 1.35. The Morgan fingerprint density at radius 1 is 1.27 bits per heavy atom. The lowest BCUT2D eigenvalue weighted by Crippen LogP contribution is -2.28. The Morgan fingerprint density at radius 3 is 2.27 bits per heavy atom. The molecule has 0 radical (unpaired) electrons. The Balaban J connectivity index is 0.000000461. The predicted octanol–water partition coefficient (Wildman–Crippen LogP) is 1.39. The van der Waals surface area contributed by atoms with Crippen molar-refractivity contribution in [3.63, 3.8) is 0 Å². The zero-order valence-electron chi connectivity index (χ0n) is 7.77. The summed E-state index contributed by atoms with van der Waals surface area (Å²) in [5.41, 5.74) is 0. The van der Waals surface area contributed by atoms with Crippen molar-refractivity contribution in [2.75, 3.05) is 19.7 Å².